The minimum Gasteiger partial charge on any atom is -0.311 e. The van der Waals surface area contributed by atoms with Crippen molar-refractivity contribution in [1.29, 1.82) is 0 Å². The number of aromatic amines is 2. The lowest BCUT2D eigenvalue weighted by atomic mass is 10.2. The number of nitrogens with zero attached hydrogens (tertiary/aromatic N) is 2. The Bertz CT molecular complexity index is 1340. The average Bonchev–Trinajstić information content (AvgIpc) is 2.78. The molecule has 0 aliphatic heterocycles. The molecule has 0 fully saturated rings. The maximum absolute atomic E-state index is 13.5. The number of hydrogen-bond acceptors (Lipinski definition) is 6. The van der Waals surface area contributed by atoms with Crippen LogP contribution in [0.1, 0.15) is 21.7 Å². The van der Waals surface area contributed by atoms with Gasteiger partial charge in [0.1, 0.15) is 0 Å². The van der Waals surface area contributed by atoms with E-state index in [4.69, 9.17) is 0 Å². The van der Waals surface area contributed by atoms with E-state index >= 15 is 0 Å². The lowest BCUT2D eigenvalue weighted by Crippen LogP contribution is -2.42. The van der Waals surface area contributed by atoms with Gasteiger partial charge in [-0.2, -0.15) is 0 Å². The van der Waals surface area contributed by atoms with Crippen molar-refractivity contribution < 1.29 is 9.36 Å². The second-order valence-electron chi connectivity index (χ2n) is 7.73. The highest BCUT2D eigenvalue weighted by molar-refractivity contribution is 7.58. The molecule has 0 atom stereocenters. The van der Waals surface area contributed by atoms with Crippen LogP contribution in [0.4, 0.5) is 0 Å². The summed E-state index contributed by atoms with van der Waals surface area (Å²) < 4.78 is 15.4. The molecule has 2 aromatic heterocycles. The molecular formula is C21H26N7O6P. The van der Waals surface area contributed by atoms with Gasteiger partial charge in [0.2, 0.25) is 0 Å². The van der Waals surface area contributed by atoms with Crippen LogP contribution in [0.2, 0.25) is 0 Å². The standard InChI is InChI=1S/C21H26N7O6P/c1-14-12-17(29)27(20(32)24-14)10-8-22-35(34,26-19(31)16-6-4-3-5-7-16)23-9-11-28-18(30)13-15(2)25-21(28)33/h3-7,12-13H,8-11H2,1-2H3,(H,24,32)(H,25,33)(H3,22,23,26,31,34). The van der Waals surface area contributed by atoms with Gasteiger partial charge in [-0.1, -0.05) is 18.2 Å². The van der Waals surface area contributed by atoms with Gasteiger partial charge in [-0.15, -0.1) is 0 Å². The summed E-state index contributed by atoms with van der Waals surface area (Å²) >= 11 is 0. The predicted molar refractivity (Wildman–Crippen MR) is 130 cm³/mol. The van der Waals surface area contributed by atoms with E-state index in [0.29, 0.717) is 11.4 Å². The molecule has 35 heavy (non-hydrogen) atoms. The van der Waals surface area contributed by atoms with E-state index in [1.54, 1.807) is 32.0 Å². The van der Waals surface area contributed by atoms with Crippen LogP contribution in [0.5, 0.6) is 0 Å². The molecular weight excluding hydrogens is 477 g/mol. The van der Waals surface area contributed by atoms with Crippen molar-refractivity contribution in [2.45, 2.75) is 26.9 Å². The predicted octanol–water partition coefficient (Wildman–Crippen LogP) is -0.579. The van der Waals surface area contributed by atoms with Crippen molar-refractivity contribution in [2.24, 2.45) is 0 Å². The molecule has 1 aromatic carbocycles. The summed E-state index contributed by atoms with van der Waals surface area (Å²) in [6.45, 7) is 2.67. The minimum absolute atomic E-state index is 0.115. The molecule has 0 aliphatic rings. The summed E-state index contributed by atoms with van der Waals surface area (Å²) in [7, 11) is -3.85. The van der Waals surface area contributed by atoms with E-state index in [-0.39, 0.29) is 31.7 Å². The molecule has 2 heterocycles. The zero-order valence-electron chi connectivity index (χ0n) is 19.2. The summed E-state index contributed by atoms with van der Waals surface area (Å²) in [4.78, 5) is 65.9. The lowest BCUT2D eigenvalue weighted by molar-refractivity contribution is 0.0979. The van der Waals surface area contributed by atoms with Crippen LogP contribution >= 0.6 is 7.59 Å². The van der Waals surface area contributed by atoms with Gasteiger partial charge in [-0.3, -0.25) is 33.2 Å². The fourth-order valence-corrected chi connectivity index (χ4v) is 4.78. The molecule has 0 saturated heterocycles. The molecule has 14 heteroatoms. The fourth-order valence-electron chi connectivity index (χ4n) is 3.26. The third kappa shape index (κ3) is 6.85. The summed E-state index contributed by atoms with van der Waals surface area (Å²) in [6.07, 6.45) is 0. The van der Waals surface area contributed by atoms with Gasteiger partial charge >= 0.3 is 19.0 Å². The molecule has 0 bridgehead atoms. The first-order chi connectivity index (χ1) is 16.6. The monoisotopic (exact) mass is 503 g/mol. The van der Waals surface area contributed by atoms with Crippen molar-refractivity contribution in [2.75, 3.05) is 13.1 Å². The third-order valence-corrected chi connectivity index (χ3v) is 6.80. The first kappa shape index (κ1) is 25.8. The Hall–Kier alpha value is -3.80. The number of benzene rings is 1. The van der Waals surface area contributed by atoms with Gasteiger partial charge in [0.05, 0.1) is 0 Å². The Kier molecular flexibility index (Phi) is 8.18. The Balaban J connectivity index is 1.75. The van der Waals surface area contributed by atoms with E-state index in [1.165, 1.54) is 24.3 Å². The largest absolute Gasteiger partial charge is 0.328 e. The fraction of sp³-hybridized carbons (Fsp3) is 0.286. The van der Waals surface area contributed by atoms with Gasteiger partial charge in [0.25, 0.3) is 17.0 Å². The van der Waals surface area contributed by atoms with Gasteiger partial charge in [0.15, 0.2) is 0 Å². The van der Waals surface area contributed by atoms with Crippen LogP contribution in [0.3, 0.4) is 0 Å². The topological polar surface area (TPSA) is 180 Å². The van der Waals surface area contributed by atoms with Crippen molar-refractivity contribution in [3.05, 3.63) is 101 Å². The summed E-state index contributed by atoms with van der Waals surface area (Å²) in [6, 6.07) is 10.6. The van der Waals surface area contributed by atoms with Crippen LogP contribution in [-0.2, 0) is 17.7 Å². The molecule has 0 aliphatic carbocycles. The second-order valence-corrected chi connectivity index (χ2v) is 9.80. The number of carbonyl (C=O) groups is 1. The first-order valence-electron chi connectivity index (χ1n) is 10.7. The quantitative estimate of drug-likeness (QED) is 0.228. The zero-order chi connectivity index (χ0) is 25.6. The lowest BCUT2D eigenvalue weighted by Gasteiger charge is -2.22. The molecule has 5 N–H and O–H groups in total. The maximum atomic E-state index is 13.5. The Morgan fingerprint density at radius 2 is 1.29 bits per heavy atom. The Labute approximate surface area is 198 Å². The van der Waals surface area contributed by atoms with Crippen molar-refractivity contribution in [3.8, 4) is 0 Å². The molecule has 0 radical (unpaired) electrons. The zero-order valence-corrected chi connectivity index (χ0v) is 20.1. The third-order valence-electron chi connectivity index (χ3n) is 4.95. The smallest absolute Gasteiger partial charge is 0.311 e. The highest BCUT2D eigenvalue weighted by atomic mass is 31.2. The Morgan fingerprint density at radius 1 is 0.829 bits per heavy atom. The molecule has 1 amide bonds. The molecule has 13 nitrogen and oxygen atoms in total. The number of carbonyl (C=O) groups excluding carboxylic acids is 1. The summed E-state index contributed by atoms with van der Waals surface area (Å²) in [5.74, 6) is -0.635. The number of hydrogen-bond donors (Lipinski definition) is 5. The SMILES string of the molecule is Cc1cc(=O)n(CCNP(=O)(NCCn2c(=O)cc(C)[nH]c2=O)NC(=O)c2ccccc2)c(=O)[nH]1. The normalized spacial score (nSPS) is 11.4. The van der Waals surface area contributed by atoms with Crippen molar-refractivity contribution in [1.82, 2.24) is 34.4 Å². The van der Waals surface area contributed by atoms with Gasteiger partial charge < -0.3 is 9.97 Å². The highest BCUT2D eigenvalue weighted by Gasteiger charge is 2.24. The number of aryl methyl sites for hydroxylation is 2. The molecule has 186 valence electrons. The van der Waals surface area contributed by atoms with E-state index in [0.717, 1.165) is 9.13 Å². The summed E-state index contributed by atoms with van der Waals surface area (Å²) in [5.41, 5.74) is -1.21. The van der Waals surface area contributed by atoms with Crippen LogP contribution in [0, 0.1) is 13.8 Å². The van der Waals surface area contributed by atoms with Gasteiger partial charge in [0, 0.05) is 55.3 Å². The van der Waals surface area contributed by atoms with E-state index < -0.39 is 36.0 Å². The van der Waals surface area contributed by atoms with E-state index in [1.807, 2.05) is 0 Å². The number of amides is 1. The second kappa shape index (κ2) is 11.1. The molecule has 3 aromatic rings. The number of nitrogens with one attached hydrogen (secondary N) is 5. The maximum Gasteiger partial charge on any atom is 0.328 e. The highest BCUT2D eigenvalue weighted by Crippen LogP contribution is 2.30. The Morgan fingerprint density at radius 3 is 1.71 bits per heavy atom. The molecule has 3 rings (SSSR count). The van der Waals surface area contributed by atoms with Gasteiger partial charge in [-0.05, 0) is 26.0 Å². The van der Waals surface area contributed by atoms with Crippen LogP contribution in [0.25, 0.3) is 0 Å². The molecule has 0 spiro atoms. The van der Waals surface area contributed by atoms with Crippen LogP contribution < -0.4 is 37.8 Å². The van der Waals surface area contributed by atoms with Gasteiger partial charge in [-0.25, -0.2) is 19.8 Å². The number of H-pyrrole nitrogens is 2. The van der Waals surface area contributed by atoms with Crippen LogP contribution in [0.15, 0.2) is 61.6 Å². The van der Waals surface area contributed by atoms with E-state index in [2.05, 4.69) is 25.2 Å². The molecule has 0 unspecified atom stereocenters. The average molecular weight is 503 g/mol. The van der Waals surface area contributed by atoms with E-state index in [9.17, 15) is 28.5 Å². The first-order valence-corrected chi connectivity index (χ1v) is 12.4. The van der Waals surface area contributed by atoms with Crippen molar-refractivity contribution >= 4 is 13.5 Å². The van der Waals surface area contributed by atoms with Crippen molar-refractivity contribution in [3.63, 3.8) is 0 Å². The summed E-state index contributed by atoms with van der Waals surface area (Å²) in [5, 5.41) is 7.74. The number of rotatable bonds is 10. The molecule has 0 saturated carbocycles. The van der Waals surface area contributed by atoms with Crippen LogP contribution in [-0.4, -0.2) is 38.1 Å². The number of aromatic nitrogens is 4. The minimum atomic E-state index is -3.85.